The Hall–Kier alpha value is -2.50. The van der Waals surface area contributed by atoms with Crippen LogP contribution in [0.5, 0.6) is 0 Å². The monoisotopic (exact) mass is 563 g/mol. The van der Waals surface area contributed by atoms with Gasteiger partial charge in [-0.3, -0.25) is 9.69 Å². The van der Waals surface area contributed by atoms with Crippen LogP contribution in [0.3, 0.4) is 0 Å². The quantitative estimate of drug-likeness (QED) is 0.445. The molecule has 9 nitrogen and oxygen atoms in total. The Morgan fingerprint density at radius 2 is 1.97 bits per heavy atom. The number of rotatable bonds is 6. The number of aromatic nitrogens is 2. The van der Waals surface area contributed by atoms with Crippen molar-refractivity contribution in [1.29, 1.82) is 0 Å². The van der Waals surface area contributed by atoms with E-state index in [1.165, 1.54) is 18.4 Å². The standard InChI is InChI=1S/C25H27Cl2N5O4S/c1-30(2)37(34,35)19-6-8-22-16(12-19)9-11-32(22)25(33)17-4-3-10-31(14-17)15-23-28-24(29-36-23)20-7-5-18(26)13-21(20)27/h5-8,12-13,17H,3-4,9-11,14-15H2,1-2H3. The summed E-state index contributed by atoms with van der Waals surface area (Å²) >= 11 is 12.2. The number of hydrogen-bond acceptors (Lipinski definition) is 7. The molecule has 1 unspecified atom stereocenters. The number of likely N-dealkylation sites (tertiary alicyclic amines) is 1. The average Bonchev–Trinajstić information content (AvgIpc) is 3.50. The van der Waals surface area contributed by atoms with E-state index in [0.29, 0.717) is 53.4 Å². The molecule has 196 valence electrons. The van der Waals surface area contributed by atoms with Crippen molar-refractivity contribution in [3.63, 3.8) is 0 Å². The molecule has 5 rings (SSSR count). The summed E-state index contributed by atoms with van der Waals surface area (Å²) in [7, 11) is -0.506. The van der Waals surface area contributed by atoms with Crippen LogP contribution in [0.4, 0.5) is 5.69 Å². The molecule has 1 fully saturated rings. The number of piperidine rings is 1. The van der Waals surface area contributed by atoms with Crippen molar-refractivity contribution in [3.8, 4) is 11.4 Å². The first-order valence-corrected chi connectivity index (χ1v) is 14.2. The number of carbonyl (C=O) groups excluding carboxylic acids is 1. The average molecular weight is 564 g/mol. The molecule has 2 aromatic carbocycles. The maximum absolute atomic E-state index is 13.5. The zero-order valence-corrected chi connectivity index (χ0v) is 22.9. The summed E-state index contributed by atoms with van der Waals surface area (Å²) in [5, 5.41) is 5.03. The molecule has 0 saturated carbocycles. The molecule has 1 atom stereocenters. The maximum atomic E-state index is 13.5. The third-order valence-electron chi connectivity index (χ3n) is 6.84. The number of amides is 1. The van der Waals surface area contributed by atoms with Crippen LogP contribution in [0.1, 0.15) is 24.3 Å². The molecule has 2 aliphatic heterocycles. The molecule has 1 saturated heterocycles. The number of carbonyl (C=O) groups is 1. The Balaban J connectivity index is 1.26. The maximum Gasteiger partial charge on any atom is 0.242 e. The summed E-state index contributed by atoms with van der Waals surface area (Å²) in [5.74, 6) is 0.740. The van der Waals surface area contributed by atoms with E-state index >= 15 is 0 Å². The minimum Gasteiger partial charge on any atom is -0.338 e. The molecule has 0 spiro atoms. The fourth-order valence-electron chi connectivity index (χ4n) is 4.89. The van der Waals surface area contributed by atoms with Crippen molar-refractivity contribution in [2.24, 2.45) is 5.92 Å². The van der Waals surface area contributed by atoms with Crippen molar-refractivity contribution in [3.05, 3.63) is 57.9 Å². The first-order chi connectivity index (χ1) is 17.6. The number of anilines is 1. The summed E-state index contributed by atoms with van der Waals surface area (Å²) in [5.41, 5.74) is 2.31. The van der Waals surface area contributed by atoms with Gasteiger partial charge in [0, 0.05) is 43.5 Å². The predicted molar refractivity (Wildman–Crippen MR) is 141 cm³/mol. The topological polar surface area (TPSA) is 99.9 Å². The SMILES string of the molecule is CN(C)S(=O)(=O)c1ccc2c(c1)CCN2C(=O)C1CCCN(Cc2nc(-c3ccc(Cl)cc3Cl)no2)C1. The molecular weight excluding hydrogens is 537 g/mol. The lowest BCUT2D eigenvalue weighted by Crippen LogP contribution is -2.44. The molecular formula is C25H27Cl2N5O4S. The van der Waals surface area contributed by atoms with Crippen molar-refractivity contribution in [1.82, 2.24) is 19.3 Å². The van der Waals surface area contributed by atoms with Crippen LogP contribution >= 0.6 is 23.2 Å². The second kappa shape index (κ2) is 10.3. The first kappa shape index (κ1) is 26.1. The number of nitrogens with zero attached hydrogens (tertiary/aromatic N) is 5. The lowest BCUT2D eigenvalue weighted by atomic mass is 9.96. The molecule has 2 aliphatic rings. The second-order valence-electron chi connectivity index (χ2n) is 9.53. The van der Waals surface area contributed by atoms with Crippen molar-refractivity contribution >= 4 is 44.8 Å². The zero-order valence-electron chi connectivity index (χ0n) is 20.5. The van der Waals surface area contributed by atoms with E-state index in [-0.39, 0.29) is 16.7 Å². The van der Waals surface area contributed by atoms with Gasteiger partial charge < -0.3 is 9.42 Å². The molecule has 3 aromatic rings. The lowest BCUT2D eigenvalue weighted by Gasteiger charge is -2.33. The van der Waals surface area contributed by atoms with E-state index in [1.807, 2.05) is 0 Å². The largest absolute Gasteiger partial charge is 0.338 e. The fraction of sp³-hybridized carbons (Fsp3) is 0.400. The van der Waals surface area contributed by atoms with Crippen LogP contribution < -0.4 is 4.90 Å². The van der Waals surface area contributed by atoms with Crippen LogP contribution in [-0.2, 0) is 27.8 Å². The van der Waals surface area contributed by atoms with Gasteiger partial charge in [0.05, 0.1) is 22.4 Å². The van der Waals surface area contributed by atoms with Gasteiger partial charge in [-0.25, -0.2) is 12.7 Å². The van der Waals surface area contributed by atoms with Crippen LogP contribution in [-0.4, -0.2) is 67.4 Å². The third-order valence-corrected chi connectivity index (χ3v) is 9.20. The van der Waals surface area contributed by atoms with Crippen LogP contribution in [0.2, 0.25) is 10.0 Å². The minimum atomic E-state index is -3.52. The van der Waals surface area contributed by atoms with Crippen LogP contribution in [0.25, 0.3) is 11.4 Å². The Kier molecular flexibility index (Phi) is 7.30. The van der Waals surface area contributed by atoms with Gasteiger partial charge in [-0.15, -0.1) is 0 Å². The molecule has 0 N–H and O–H groups in total. The molecule has 37 heavy (non-hydrogen) atoms. The summed E-state index contributed by atoms with van der Waals surface area (Å²) in [6, 6.07) is 10.1. The Labute approximate surface area is 226 Å². The van der Waals surface area contributed by atoms with Crippen molar-refractivity contribution in [2.75, 3.05) is 38.6 Å². The lowest BCUT2D eigenvalue weighted by molar-refractivity contribution is -0.124. The smallest absolute Gasteiger partial charge is 0.242 e. The fourth-order valence-corrected chi connectivity index (χ4v) is 6.34. The molecule has 1 aromatic heterocycles. The van der Waals surface area contributed by atoms with E-state index < -0.39 is 10.0 Å². The van der Waals surface area contributed by atoms with Gasteiger partial charge in [-0.2, -0.15) is 4.98 Å². The van der Waals surface area contributed by atoms with Crippen LogP contribution in [0, 0.1) is 5.92 Å². The summed E-state index contributed by atoms with van der Waals surface area (Å²) in [6.07, 6.45) is 2.30. The minimum absolute atomic E-state index is 0.0610. The Morgan fingerprint density at radius 1 is 1.16 bits per heavy atom. The normalized spacial score (nSPS) is 18.4. The summed E-state index contributed by atoms with van der Waals surface area (Å²) in [6.45, 7) is 2.39. The number of benzene rings is 2. The number of hydrogen-bond donors (Lipinski definition) is 0. The molecule has 3 heterocycles. The van der Waals surface area contributed by atoms with E-state index in [0.717, 1.165) is 30.6 Å². The van der Waals surface area contributed by atoms with Gasteiger partial charge in [0.2, 0.25) is 27.6 Å². The van der Waals surface area contributed by atoms with Gasteiger partial charge in [0.1, 0.15) is 0 Å². The predicted octanol–water partition coefficient (Wildman–Crippen LogP) is 4.10. The molecule has 0 aliphatic carbocycles. The van der Waals surface area contributed by atoms with E-state index in [2.05, 4.69) is 15.0 Å². The Morgan fingerprint density at radius 3 is 2.73 bits per heavy atom. The van der Waals surface area contributed by atoms with E-state index in [4.69, 9.17) is 27.7 Å². The van der Waals surface area contributed by atoms with Gasteiger partial charge >= 0.3 is 0 Å². The van der Waals surface area contributed by atoms with E-state index in [9.17, 15) is 13.2 Å². The number of sulfonamides is 1. The number of halogens is 2. The number of fused-ring (bicyclic) bond motifs is 1. The summed E-state index contributed by atoms with van der Waals surface area (Å²) < 4.78 is 31.7. The third kappa shape index (κ3) is 5.26. The summed E-state index contributed by atoms with van der Waals surface area (Å²) in [4.78, 5) is 22.2. The highest BCUT2D eigenvalue weighted by Crippen LogP contribution is 2.33. The second-order valence-corrected chi connectivity index (χ2v) is 12.5. The first-order valence-electron chi connectivity index (χ1n) is 12.0. The highest BCUT2D eigenvalue weighted by molar-refractivity contribution is 7.89. The molecule has 1 amide bonds. The zero-order chi connectivity index (χ0) is 26.3. The van der Waals surface area contributed by atoms with Crippen LogP contribution in [0.15, 0.2) is 45.8 Å². The van der Waals surface area contributed by atoms with Crippen molar-refractivity contribution < 1.29 is 17.7 Å². The Bertz CT molecular complexity index is 1440. The molecule has 0 bridgehead atoms. The van der Waals surface area contributed by atoms with Crippen molar-refractivity contribution in [2.45, 2.75) is 30.7 Å². The van der Waals surface area contributed by atoms with Gasteiger partial charge in [0.15, 0.2) is 0 Å². The molecule has 12 heteroatoms. The molecule has 0 radical (unpaired) electrons. The van der Waals surface area contributed by atoms with Gasteiger partial charge in [-0.1, -0.05) is 28.4 Å². The van der Waals surface area contributed by atoms with E-state index in [1.54, 1.807) is 41.3 Å². The van der Waals surface area contributed by atoms with Gasteiger partial charge in [0.25, 0.3) is 0 Å². The highest BCUT2D eigenvalue weighted by Gasteiger charge is 2.34. The van der Waals surface area contributed by atoms with Gasteiger partial charge in [-0.05, 0) is 67.8 Å². The highest BCUT2D eigenvalue weighted by atomic mass is 35.5.